The molecule has 0 atom stereocenters. The van der Waals surface area contributed by atoms with Crippen molar-refractivity contribution in [3.05, 3.63) is 46.1 Å². The standard InChI is InChI=1S/C19H19N7S/c1-11-6-8-12(9-7-11)18-23-25-26(24-18)10-15-21-17(20)16-13-4-2-3-5-14(13)27-19(16)22-15/h6-9H,2-5,10H2,1H3,(H2,20,21,22). The Morgan fingerprint density at radius 1 is 1.11 bits per heavy atom. The smallest absolute Gasteiger partial charge is 0.204 e. The lowest BCUT2D eigenvalue weighted by Gasteiger charge is -2.10. The Hall–Kier alpha value is -2.87. The quantitative estimate of drug-likeness (QED) is 0.589. The molecular weight excluding hydrogens is 358 g/mol. The lowest BCUT2D eigenvalue weighted by atomic mass is 9.97. The second kappa shape index (κ2) is 6.38. The lowest BCUT2D eigenvalue weighted by Crippen LogP contribution is -2.09. The van der Waals surface area contributed by atoms with Crippen LogP contribution in [0.25, 0.3) is 21.6 Å². The number of aromatic nitrogens is 6. The van der Waals surface area contributed by atoms with Crippen LogP contribution in [0.2, 0.25) is 0 Å². The summed E-state index contributed by atoms with van der Waals surface area (Å²) >= 11 is 1.75. The molecule has 2 N–H and O–H groups in total. The van der Waals surface area contributed by atoms with Gasteiger partial charge in [0.2, 0.25) is 5.82 Å². The van der Waals surface area contributed by atoms with Gasteiger partial charge in [0.15, 0.2) is 5.82 Å². The van der Waals surface area contributed by atoms with E-state index in [9.17, 15) is 0 Å². The molecule has 0 amide bonds. The Morgan fingerprint density at radius 3 is 2.78 bits per heavy atom. The molecule has 1 aliphatic rings. The van der Waals surface area contributed by atoms with E-state index in [1.807, 2.05) is 31.2 Å². The molecule has 0 aliphatic heterocycles. The first-order valence-electron chi connectivity index (χ1n) is 9.09. The minimum Gasteiger partial charge on any atom is -0.383 e. The molecule has 0 saturated heterocycles. The molecule has 0 saturated carbocycles. The number of fused-ring (bicyclic) bond motifs is 3. The van der Waals surface area contributed by atoms with Crippen LogP contribution in [0.4, 0.5) is 5.82 Å². The molecule has 3 heterocycles. The van der Waals surface area contributed by atoms with E-state index in [1.165, 1.54) is 33.6 Å². The SMILES string of the molecule is Cc1ccc(-c2nnn(Cc3nc(N)c4c5c(sc4n3)CCCC5)n2)cc1. The summed E-state index contributed by atoms with van der Waals surface area (Å²) in [6.07, 6.45) is 4.65. The summed E-state index contributed by atoms with van der Waals surface area (Å²) in [7, 11) is 0. The Labute approximate surface area is 160 Å². The minimum atomic E-state index is 0.349. The molecule has 1 aromatic carbocycles. The summed E-state index contributed by atoms with van der Waals surface area (Å²) in [5, 5.41) is 13.8. The van der Waals surface area contributed by atoms with Gasteiger partial charge in [-0.15, -0.1) is 21.5 Å². The molecular formula is C19H19N7S. The van der Waals surface area contributed by atoms with Crippen molar-refractivity contribution in [2.75, 3.05) is 5.73 Å². The molecule has 136 valence electrons. The van der Waals surface area contributed by atoms with E-state index in [0.717, 1.165) is 28.6 Å². The zero-order chi connectivity index (χ0) is 18.4. The highest BCUT2D eigenvalue weighted by molar-refractivity contribution is 7.19. The molecule has 0 unspecified atom stereocenters. The topological polar surface area (TPSA) is 95.4 Å². The van der Waals surface area contributed by atoms with Gasteiger partial charge in [0.05, 0.1) is 5.39 Å². The number of nitrogens with two attached hydrogens (primary N) is 1. The van der Waals surface area contributed by atoms with E-state index < -0.39 is 0 Å². The maximum atomic E-state index is 6.28. The Kier molecular flexibility index (Phi) is 3.86. The van der Waals surface area contributed by atoms with Gasteiger partial charge in [0.25, 0.3) is 0 Å². The van der Waals surface area contributed by atoms with Gasteiger partial charge in [0, 0.05) is 10.4 Å². The third-order valence-electron chi connectivity index (χ3n) is 4.93. The molecule has 0 spiro atoms. The molecule has 1 aliphatic carbocycles. The van der Waals surface area contributed by atoms with Crippen molar-refractivity contribution in [3.8, 4) is 11.4 Å². The Morgan fingerprint density at radius 2 is 1.93 bits per heavy atom. The fraction of sp³-hybridized carbons (Fsp3) is 0.316. The number of hydrogen-bond acceptors (Lipinski definition) is 7. The van der Waals surface area contributed by atoms with E-state index >= 15 is 0 Å². The first-order chi connectivity index (χ1) is 13.2. The van der Waals surface area contributed by atoms with Crippen LogP contribution in [-0.4, -0.2) is 30.2 Å². The Balaban J connectivity index is 1.46. The highest BCUT2D eigenvalue weighted by Gasteiger charge is 2.20. The van der Waals surface area contributed by atoms with E-state index in [0.29, 0.717) is 24.0 Å². The average molecular weight is 377 g/mol. The summed E-state index contributed by atoms with van der Waals surface area (Å²) in [4.78, 5) is 13.1. The number of hydrogen-bond donors (Lipinski definition) is 1. The molecule has 7 nitrogen and oxygen atoms in total. The van der Waals surface area contributed by atoms with Crippen molar-refractivity contribution in [2.24, 2.45) is 0 Å². The fourth-order valence-corrected chi connectivity index (χ4v) is 4.85. The van der Waals surface area contributed by atoms with Crippen molar-refractivity contribution in [2.45, 2.75) is 39.2 Å². The first-order valence-corrected chi connectivity index (χ1v) is 9.90. The maximum absolute atomic E-state index is 6.28. The van der Waals surface area contributed by atoms with Crippen molar-refractivity contribution < 1.29 is 0 Å². The van der Waals surface area contributed by atoms with Crippen LogP contribution in [0.15, 0.2) is 24.3 Å². The number of thiophene rings is 1. The fourth-order valence-electron chi connectivity index (χ4n) is 3.56. The molecule has 3 aromatic heterocycles. The predicted molar refractivity (Wildman–Crippen MR) is 106 cm³/mol. The molecule has 4 aromatic rings. The zero-order valence-electron chi connectivity index (χ0n) is 15.0. The number of rotatable bonds is 3. The minimum absolute atomic E-state index is 0.349. The van der Waals surface area contributed by atoms with Crippen LogP contribution in [0.3, 0.4) is 0 Å². The number of nitrogens with zero attached hydrogens (tertiary/aromatic N) is 6. The highest BCUT2D eigenvalue weighted by atomic mass is 32.1. The van der Waals surface area contributed by atoms with Crippen LogP contribution < -0.4 is 5.73 Å². The third kappa shape index (κ3) is 2.95. The van der Waals surface area contributed by atoms with Gasteiger partial charge in [-0.1, -0.05) is 29.8 Å². The summed E-state index contributed by atoms with van der Waals surface area (Å²) in [6, 6.07) is 8.06. The van der Waals surface area contributed by atoms with E-state index in [1.54, 1.807) is 11.3 Å². The molecule has 27 heavy (non-hydrogen) atoms. The van der Waals surface area contributed by atoms with Crippen LogP contribution in [-0.2, 0) is 19.4 Å². The molecule has 0 radical (unpaired) electrons. The summed E-state index contributed by atoms with van der Waals surface area (Å²) in [5.41, 5.74) is 9.77. The number of tetrazole rings is 1. The summed E-state index contributed by atoms with van der Waals surface area (Å²) in [6.45, 7) is 2.40. The predicted octanol–water partition coefficient (Wildman–Crippen LogP) is 3.16. The van der Waals surface area contributed by atoms with Crippen molar-refractivity contribution >= 4 is 27.4 Å². The molecule has 0 fully saturated rings. The lowest BCUT2D eigenvalue weighted by molar-refractivity contribution is 0.556. The normalized spacial score (nSPS) is 13.8. The van der Waals surface area contributed by atoms with Gasteiger partial charge in [-0.2, -0.15) is 4.80 Å². The molecule has 8 heteroatoms. The Bertz CT molecular complexity index is 1130. The zero-order valence-corrected chi connectivity index (χ0v) is 15.8. The average Bonchev–Trinajstić information content (AvgIpc) is 3.26. The number of benzene rings is 1. The maximum Gasteiger partial charge on any atom is 0.204 e. The molecule has 5 rings (SSSR count). The molecule has 0 bridgehead atoms. The van der Waals surface area contributed by atoms with Gasteiger partial charge < -0.3 is 5.73 Å². The second-order valence-electron chi connectivity index (χ2n) is 6.93. The summed E-state index contributed by atoms with van der Waals surface area (Å²) < 4.78 is 0. The van der Waals surface area contributed by atoms with Crippen LogP contribution in [0, 0.1) is 6.92 Å². The number of anilines is 1. The first kappa shape index (κ1) is 16.3. The second-order valence-corrected chi connectivity index (χ2v) is 8.01. The highest BCUT2D eigenvalue weighted by Crippen LogP contribution is 2.37. The van der Waals surface area contributed by atoms with Gasteiger partial charge in [-0.25, -0.2) is 9.97 Å². The van der Waals surface area contributed by atoms with Crippen LogP contribution in [0.1, 0.15) is 34.7 Å². The van der Waals surface area contributed by atoms with E-state index in [-0.39, 0.29) is 0 Å². The van der Waals surface area contributed by atoms with Gasteiger partial charge in [-0.3, -0.25) is 0 Å². The van der Waals surface area contributed by atoms with Crippen molar-refractivity contribution in [1.29, 1.82) is 0 Å². The van der Waals surface area contributed by atoms with E-state index in [2.05, 4.69) is 20.4 Å². The van der Waals surface area contributed by atoms with Gasteiger partial charge in [-0.05, 0) is 43.4 Å². The third-order valence-corrected chi connectivity index (χ3v) is 6.12. The van der Waals surface area contributed by atoms with Gasteiger partial charge >= 0.3 is 0 Å². The number of aryl methyl sites for hydroxylation is 3. The van der Waals surface area contributed by atoms with Crippen molar-refractivity contribution in [1.82, 2.24) is 30.2 Å². The number of nitrogen functional groups attached to an aromatic ring is 1. The van der Waals surface area contributed by atoms with E-state index in [4.69, 9.17) is 10.7 Å². The van der Waals surface area contributed by atoms with Crippen LogP contribution >= 0.6 is 11.3 Å². The van der Waals surface area contributed by atoms with Gasteiger partial charge in [0.1, 0.15) is 17.2 Å². The van der Waals surface area contributed by atoms with Crippen molar-refractivity contribution in [3.63, 3.8) is 0 Å². The monoisotopic (exact) mass is 377 g/mol. The van der Waals surface area contributed by atoms with Crippen LogP contribution in [0.5, 0.6) is 0 Å². The largest absolute Gasteiger partial charge is 0.383 e. The summed E-state index contributed by atoms with van der Waals surface area (Å²) in [5.74, 6) is 1.77.